The Hall–Kier alpha value is -4.34. The normalized spacial score (nSPS) is 17.2. The molecular formula is C35H37N3O5S. The number of aliphatic hydroxyl groups is 1. The summed E-state index contributed by atoms with van der Waals surface area (Å²) in [6.07, 6.45) is -1.45. The second-order valence-corrected chi connectivity index (χ2v) is 13.2. The molecule has 0 radical (unpaired) electrons. The average Bonchev–Trinajstić information content (AvgIpc) is 3.35. The fraction of sp³-hybridized carbons (Fsp3) is 0.286. The number of fused-ring (bicyclic) bond motifs is 1. The molecule has 1 aliphatic rings. The Morgan fingerprint density at radius 1 is 0.955 bits per heavy atom. The Morgan fingerprint density at radius 3 is 2.41 bits per heavy atom. The molecule has 4 aromatic rings. The number of rotatable bonds is 9. The van der Waals surface area contributed by atoms with E-state index in [0.717, 1.165) is 21.9 Å². The smallest absolute Gasteiger partial charge is 0.254 e. The van der Waals surface area contributed by atoms with E-state index in [-0.39, 0.29) is 36.1 Å². The number of aromatic hydroxyl groups is 1. The van der Waals surface area contributed by atoms with Gasteiger partial charge in [-0.2, -0.15) is 0 Å². The van der Waals surface area contributed by atoms with Crippen LogP contribution >= 0.6 is 11.8 Å². The highest BCUT2D eigenvalue weighted by Crippen LogP contribution is 2.40. The van der Waals surface area contributed by atoms with Crippen molar-refractivity contribution in [3.8, 4) is 5.75 Å². The van der Waals surface area contributed by atoms with E-state index in [1.165, 1.54) is 22.7 Å². The van der Waals surface area contributed by atoms with Crippen molar-refractivity contribution in [1.29, 1.82) is 0 Å². The molecule has 1 aliphatic heterocycles. The van der Waals surface area contributed by atoms with Crippen LogP contribution in [0.15, 0.2) is 91.0 Å². The van der Waals surface area contributed by atoms with Gasteiger partial charge in [0.05, 0.1) is 11.9 Å². The molecule has 0 aliphatic carbocycles. The quantitative estimate of drug-likeness (QED) is 0.221. The molecule has 0 aromatic heterocycles. The summed E-state index contributed by atoms with van der Waals surface area (Å²) < 4.78 is -0.616. The van der Waals surface area contributed by atoms with Gasteiger partial charge in [0.15, 0.2) is 6.10 Å². The second-order valence-electron chi connectivity index (χ2n) is 11.6. The molecule has 9 heteroatoms. The highest BCUT2D eigenvalue weighted by molar-refractivity contribution is 8.00. The van der Waals surface area contributed by atoms with Gasteiger partial charge in [-0.1, -0.05) is 78.9 Å². The Bertz CT molecular complexity index is 1670. The standard InChI is InChI=1S/C35H37N3O5S/c1-22-26(17-10-18-29(22)39)32(41)37-28(19-23-11-5-4-6-12-23)30(40)34(43)38-21-44-35(2,3)31(38)33(42)36-20-25-15-9-14-24-13-7-8-16-27(24)25/h4-18,28,30-31,39-40H,19-21H2,1-3H3,(H,36,42)(H,37,41)/t28-,30-,31-/m0/s1. The minimum absolute atomic E-state index is 0.0254. The summed E-state index contributed by atoms with van der Waals surface area (Å²) in [6, 6.07) is 26.0. The molecule has 3 atom stereocenters. The van der Waals surface area contributed by atoms with Crippen LogP contribution in [-0.2, 0) is 22.6 Å². The minimum Gasteiger partial charge on any atom is -0.508 e. The Morgan fingerprint density at radius 2 is 1.64 bits per heavy atom. The molecule has 1 saturated heterocycles. The first-order valence-electron chi connectivity index (χ1n) is 14.6. The first-order chi connectivity index (χ1) is 21.1. The first kappa shape index (κ1) is 31.1. The Labute approximate surface area is 261 Å². The summed E-state index contributed by atoms with van der Waals surface area (Å²) >= 11 is 1.46. The molecule has 5 rings (SSSR count). The van der Waals surface area contributed by atoms with Crippen molar-refractivity contribution < 1.29 is 24.6 Å². The maximum Gasteiger partial charge on any atom is 0.254 e. The minimum atomic E-state index is -1.63. The molecule has 228 valence electrons. The molecule has 0 bridgehead atoms. The second kappa shape index (κ2) is 13.1. The van der Waals surface area contributed by atoms with E-state index in [9.17, 15) is 24.6 Å². The van der Waals surface area contributed by atoms with Crippen molar-refractivity contribution in [2.24, 2.45) is 0 Å². The van der Waals surface area contributed by atoms with Gasteiger partial charge in [0.25, 0.3) is 11.8 Å². The van der Waals surface area contributed by atoms with Crippen molar-refractivity contribution in [3.63, 3.8) is 0 Å². The summed E-state index contributed by atoms with van der Waals surface area (Å²) in [7, 11) is 0. The topological polar surface area (TPSA) is 119 Å². The van der Waals surface area contributed by atoms with Gasteiger partial charge in [-0.15, -0.1) is 11.8 Å². The number of nitrogens with one attached hydrogen (secondary N) is 2. The zero-order valence-electron chi connectivity index (χ0n) is 25.0. The van der Waals surface area contributed by atoms with Gasteiger partial charge in [0.2, 0.25) is 5.91 Å². The van der Waals surface area contributed by atoms with Crippen LogP contribution in [0.4, 0.5) is 0 Å². The molecule has 0 spiro atoms. The van der Waals surface area contributed by atoms with Gasteiger partial charge in [-0.05, 0) is 61.2 Å². The number of benzene rings is 4. The lowest BCUT2D eigenvalue weighted by Crippen LogP contribution is -2.58. The van der Waals surface area contributed by atoms with Crippen LogP contribution in [0.2, 0.25) is 0 Å². The van der Waals surface area contributed by atoms with Gasteiger partial charge >= 0.3 is 0 Å². The van der Waals surface area contributed by atoms with Gasteiger partial charge < -0.3 is 25.7 Å². The van der Waals surface area contributed by atoms with E-state index in [1.54, 1.807) is 19.1 Å². The molecule has 0 saturated carbocycles. The third kappa shape index (κ3) is 6.59. The van der Waals surface area contributed by atoms with Crippen LogP contribution in [-0.4, -0.2) is 61.6 Å². The largest absolute Gasteiger partial charge is 0.508 e. The summed E-state index contributed by atoms with van der Waals surface area (Å²) in [5.41, 5.74) is 2.42. The number of hydrogen-bond acceptors (Lipinski definition) is 6. The van der Waals surface area contributed by atoms with Gasteiger partial charge in [-0.3, -0.25) is 14.4 Å². The first-order valence-corrected chi connectivity index (χ1v) is 15.6. The van der Waals surface area contributed by atoms with Crippen molar-refractivity contribution in [2.75, 3.05) is 5.88 Å². The van der Waals surface area contributed by atoms with E-state index in [0.29, 0.717) is 5.56 Å². The van der Waals surface area contributed by atoms with Crippen LogP contribution in [0.5, 0.6) is 5.75 Å². The molecule has 44 heavy (non-hydrogen) atoms. The van der Waals surface area contributed by atoms with Crippen molar-refractivity contribution in [1.82, 2.24) is 15.5 Å². The number of amides is 3. The highest BCUT2D eigenvalue weighted by Gasteiger charge is 2.49. The van der Waals surface area contributed by atoms with Crippen LogP contribution in [0.1, 0.15) is 40.9 Å². The number of carbonyl (C=O) groups excluding carboxylic acids is 3. The summed E-state index contributed by atoms with van der Waals surface area (Å²) in [6.45, 7) is 5.74. The summed E-state index contributed by atoms with van der Waals surface area (Å²) in [5.74, 6) is -1.28. The maximum absolute atomic E-state index is 14.0. The fourth-order valence-corrected chi connectivity index (χ4v) is 6.85. The van der Waals surface area contributed by atoms with Gasteiger partial charge in [0.1, 0.15) is 11.8 Å². The lowest BCUT2D eigenvalue weighted by atomic mass is 9.96. The van der Waals surface area contributed by atoms with Crippen LogP contribution in [0.25, 0.3) is 10.8 Å². The van der Waals surface area contributed by atoms with Crippen molar-refractivity contribution in [3.05, 3.63) is 113 Å². The highest BCUT2D eigenvalue weighted by atomic mass is 32.2. The van der Waals surface area contributed by atoms with E-state index < -0.39 is 34.7 Å². The molecule has 8 nitrogen and oxygen atoms in total. The van der Waals surface area contributed by atoms with Crippen molar-refractivity contribution in [2.45, 2.75) is 56.7 Å². The number of carbonyl (C=O) groups is 3. The lowest BCUT2D eigenvalue weighted by Gasteiger charge is -2.33. The molecule has 4 N–H and O–H groups in total. The summed E-state index contributed by atoms with van der Waals surface area (Å²) in [5, 5.41) is 29.6. The van der Waals surface area contributed by atoms with E-state index in [1.807, 2.05) is 86.6 Å². The van der Waals surface area contributed by atoms with Gasteiger partial charge in [0, 0.05) is 22.4 Å². The predicted molar refractivity (Wildman–Crippen MR) is 173 cm³/mol. The third-order valence-corrected chi connectivity index (χ3v) is 9.58. The van der Waals surface area contributed by atoms with Crippen LogP contribution < -0.4 is 10.6 Å². The molecule has 4 aromatic carbocycles. The lowest BCUT2D eigenvalue weighted by molar-refractivity contribution is -0.147. The number of phenols is 1. The van der Waals surface area contributed by atoms with Gasteiger partial charge in [-0.25, -0.2) is 0 Å². The molecular weight excluding hydrogens is 574 g/mol. The molecule has 1 fully saturated rings. The Kier molecular flexibility index (Phi) is 9.27. The maximum atomic E-state index is 14.0. The summed E-state index contributed by atoms with van der Waals surface area (Å²) in [4.78, 5) is 42.4. The number of aliphatic hydroxyl groups excluding tert-OH is 1. The number of thioether (sulfide) groups is 1. The average molecular weight is 612 g/mol. The fourth-order valence-electron chi connectivity index (χ4n) is 5.71. The molecule has 1 heterocycles. The molecule has 0 unspecified atom stereocenters. The number of phenolic OH excluding ortho intramolecular Hbond substituents is 1. The van der Waals surface area contributed by atoms with E-state index in [2.05, 4.69) is 10.6 Å². The molecule has 3 amide bonds. The van der Waals surface area contributed by atoms with Crippen LogP contribution in [0.3, 0.4) is 0 Å². The van der Waals surface area contributed by atoms with Crippen LogP contribution in [0, 0.1) is 6.92 Å². The zero-order valence-corrected chi connectivity index (χ0v) is 25.8. The third-order valence-electron chi connectivity index (χ3n) is 8.21. The number of nitrogens with zero attached hydrogens (tertiary/aromatic N) is 1. The number of hydrogen-bond donors (Lipinski definition) is 4. The predicted octanol–water partition coefficient (Wildman–Crippen LogP) is 4.55. The monoisotopic (exact) mass is 611 g/mol. The SMILES string of the molecule is Cc1c(O)cccc1C(=O)N[C@@H](Cc1ccccc1)[C@H](O)C(=O)N1CSC(C)(C)[C@@H]1C(=O)NCc1cccc2ccccc12. The zero-order chi connectivity index (χ0) is 31.4. The Balaban J connectivity index is 1.36. The van der Waals surface area contributed by atoms with Crippen molar-refractivity contribution >= 4 is 40.3 Å². The van der Waals surface area contributed by atoms with E-state index in [4.69, 9.17) is 0 Å². The van der Waals surface area contributed by atoms with E-state index >= 15 is 0 Å².